The molecule has 7 heteroatoms. The van der Waals surface area contributed by atoms with E-state index in [-0.39, 0.29) is 41.8 Å². The third-order valence-corrected chi connectivity index (χ3v) is 5.18. The number of benzene rings is 2. The molecule has 31 heavy (non-hydrogen) atoms. The van der Waals surface area contributed by atoms with E-state index < -0.39 is 0 Å². The van der Waals surface area contributed by atoms with Gasteiger partial charge >= 0.3 is 0 Å². The summed E-state index contributed by atoms with van der Waals surface area (Å²) in [5.74, 6) is 1.86. The third kappa shape index (κ3) is 7.12. The van der Waals surface area contributed by atoms with E-state index in [2.05, 4.69) is 33.8 Å². The summed E-state index contributed by atoms with van der Waals surface area (Å²) >= 11 is 0. The first-order valence-electron chi connectivity index (χ1n) is 10.6. The van der Waals surface area contributed by atoms with Crippen LogP contribution in [0.1, 0.15) is 20.3 Å². The molecular formula is C24H33IN4O2. The maximum absolute atomic E-state index is 12.2. The van der Waals surface area contributed by atoms with Crippen LogP contribution in [0.4, 0.5) is 0 Å². The van der Waals surface area contributed by atoms with Gasteiger partial charge in [0.15, 0.2) is 5.96 Å². The maximum Gasteiger partial charge on any atom is 0.225 e. The van der Waals surface area contributed by atoms with E-state index in [0.29, 0.717) is 13.2 Å². The van der Waals surface area contributed by atoms with Crippen LogP contribution in [0.3, 0.4) is 0 Å². The zero-order valence-electron chi connectivity index (χ0n) is 18.5. The first kappa shape index (κ1) is 25.0. The lowest BCUT2D eigenvalue weighted by molar-refractivity contribution is -0.133. The molecule has 0 aromatic heterocycles. The number of nitrogens with zero attached hydrogens (tertiary/aromatic N) is 2. The van der Waals surface area contributed by atoms with Gasteiger partial charge in [-0.2, -0.15) is 0 Å². The van der Waals surface area contributed by atoms with Gasteiger partial charge in [-0.1, -0.05) is 62.4 Å². The Labute approximate surface area is 202 Å². The first-order chi connectivity index (χ1) is 14.6. The van der Waals surface area contributed by atoms with Gasteiger partial charge in [0.2, 0.25) is 5.91 Å². The van der Waals surface area contributed by atoms with Crippen LogP contribution in [-0.2, 0) is 4.79 Å². The summed E-state index contributed by atoms with van der Waals surface area (Å²) in [7, 11) is 1.76. The number of hydrogen-bond acceptors (Lipinski definition) is 3. The van der Waals surface area contributed by atoms with Gasteiger partial charge in [-0.15, -0.1) is 24.0 Å². The van der Waals surface area contributed by atoms with Crippen molar-refractivity contribution in [2.45, 2.75) is 26.3 Å². The van der Waals surface area contributed by atoms with Crippen LogP contribution in [-0.4, -0.2) is 56.1 Å². The second kappa shape index (κ2) is 12.5. The average molecular weight is 536 g/mol. The van der Waals surface area contributed by atoms with Gasteiger partial charge in [0, 0.05) is 37.7 Å². The predicted molar refractivity (Wildman–Crippen MR) is 137 cm³/mol. The Bertz CT molecular complexity index is 858. The van der Waals surface area contributed by atoms with Crippen LogP contribution in [0.5, 0.6) is 5.75 Å². The van der Waals surface area contributed by atoms with E-state index in [1.54, 1.807) is 7.05 Å². The monoisotopic (exact) mass is 536 g/mol. The van der Waals surface area contributed by atoms with Crippen LogP contribution in [0.15, 0.2) is 59.6 Å². The largest absolute Gasteiger partial charge is 0.491 e. The number of ether oxygens (including phenoxy) is 1. The van der Waals surface area contributed by atoms with E-state index in [1.165, 1.54) is 0 Å². The number of carbonyl (C=O) groups is 1. The topological polar surface area (TPSA) is 66.0 Å². The van der Waals surface area contributed by atoms with E-state index in [1.807, 2.05) is 55.1 Å². The van der Waals surface area contributed by atoms with E-state index >= 15 is 0 Å². The molecule has 2 N–H and O–H groups in total. The summed E-state index contributed by atoms with van der Waals surface area (Å²) < 4.78 is 6.03. The molecule has 1 amide bonds. The lowest BCUT2D eigenvalue weighted by atomic mass is 10.1. The number of aliphatic imine (C=N–C) groups is 1. The summed E-state index contributed by atoms with van der Waals surface area (Å²) in [6.07, 6.45) is 0.931. The number of guanidine groups is 1. The molecule has 1 aliphatic heterocycles. The third-order valence-electron chi connectivity index (χ3n) is 5.18. The van der Waals surface area contributed by atoms with Crippen LogP contribution >= 0.6 is 24.0 Å². The lowest BCUT2D eigenvalue weighted by Gasteiger charge is -2.20. The van der Waals surface area contributed by atoms with Crippen LogP contribution in [0.25, 0.3) is 11.1 Å². The minimum absolute atomic E-state index is 0. The minimum atomic E-state index is 0. The SMILES string of the molecule is CN=C(NCCOc1ccccc1-c1ccccc1)NC1CCN(C(=O)C(C)C)C1.I. The van der Waals surface area contributed by atoms with Crippen LogP contribution < -0.4 is 15.4 Å². The molecule has 6 nitrogen and oxygen atoms in total. The number of nitrogens with one attached hydrogen (secondary N) is 2. The second-order valence-electron chi connectivity index (χ2n) is 7.78. The molecule has 0 spiro atoms. The molecule has 168 valence electrons. The van der Waals surface area contributed by atoms with Crippen molar-refractivity contribution >= 4 is 35.8 Å². The Morgan fingerprint density at radius 2 is 1.87 bits per heavy atom. The van der Waals surface area contributed by atoms with Gasteiger partial charge in [0.05, 0.1) is 6.54 Å². The lowest BCUT2D eigenvalue weighted by Crippen LogP contribution is -2.46. The summed E-state index contributed by atoms with van der Waals surface area (Å²) in [6, 6.07) is 18.5. The standard InChI is InChI=1S/C24H32N4O2.HI/c1-18(2)23(29)28-15-13-20(17-28)27-24(25-3)26-14-16-30-22-12-8-7-11-21(22)19-9-5-4-6-10-19;/h4-12,18,20H,13-17H2,1-3H3,(H2,25,26,27);1H. The van der Waals surface area contributed by atoms with Gasteiger partial charge in [-0.3, -0.25) is 9.79 Å². The quantitative estimate of drug-likeness (QED) is 0.245. The minimum Gasteiger partial charge on any atom is -0.491 e. The molecule has 2 aromatic carbocycles. The normalized spacial score (nSPS) is 16.1. The molecular weight excluding hydrogens is 503 g/mol. The van der Waals surface area contributed by atoms with Gasteiger partial charge in [0.25, 0.3) is 0 Å². The molecule has 1 unspecified atom stereocenters. The fourth-order valence-electron chi connectivity index (χ4n) is 3.61. The fraction of sp³-hybridized carbons (Fsp3) is 0.417. The molecule has 0 saturated carbocycles. The maximum atomic E-state index is 12.2. The van der Waals surface area contributed by atoms with Crippen molar-refractivity contribution in [3.63, 3.8) is 0 Å². The molecule has 1 saturated heterocycles. The molecule has 1 fully saturated rings. The number of likely N-dealkylation sites (tertiary alicyclic amines) is 1. The van der Waals surface area contributed by atoms with Crippen molar-refractivity contribution in [2.75, 3.05) is 33.3 Å². The molecule has 2 aromatic rings. The zero-order chi connectivity index (χ0) is 21.3. The van der Waals surface area contributed by atoms with Crippen LogP contribution in [0.2, 0.25) is 0 Å². The molecule has 3 rings (SSSR count). The van der Waals surface area contributed by atoms with E-state index in [9.17, 15) is 4.79 Å². The average Bonchev–Trinajstić information content (AvgIpc) is 3.24. The van der Waals surface area contributed by atoms with Gasteiger partial charge in [-0.25, -0.2) is 0 Å². The van der Waals surface area contributed by atoms with Gasteiger partial charge in [0.1, 0.15) is 12.4 Å². The first-order valence-corrected chi connectivity index (χ1v) is 10.6. The number of carbonyl (C=O) groups excluding carboxylic acids is 1. The Morgan fingerprint density at radius 3 is 2.58 bits per heavy atom. The van der Waals surface area contributed by atoms with Crippen molar-refractivity contribution in [3.05, 3.63) is 54.6 Å². The number of hydrogen-bond donors (Lipinski definition) is 2. The number of amides is 1. The summed E-state index contributed by atoms with van der Waals surface area (Å²) in [5.41, 5.74) is 2.22. The molecule has 0 aliphatic carbocycles. The molecule has 0 radical (unpaired) electrons. The van der Waals surface area contributed by atoms with E-state index in [4.69, 9.17) is 4.74 Å². The highest BCUT2D eigenvalue weighted by molar-refractivity contribution is 14.0. The van der Waals surface area contributed by atoms with E-state index in [0.717, 1.165) is 42.3 Å². The molecule has 1 atom stereocenters. The van der Waals surface area contributed by atoms with Crippen molar-refractivity contribution in [2.24, 2.45) is 10.9 Å². The molecule has 0 bridgehead atoms. The Hall–Kier alpha value is -2.29. The van der Waals surface area contributed by atoms with Crippen molar-refractivity contribution in [1.29, 1.82) is 0 Å². The number of para-hydroxylation sites is 1. The van der Waals surface area contributed by atoms with Crippen molar-refractivity contribution in [3.8, 4) is 16.9 Å². The highest BCUT2D eigenvalue weighted by atomic mass is 127. The Kier molecular flexibility index (Phi) is 10.1. The highest BCUT2D eigenvalue weighted by Crippen LogP contribution is 2.29. The van der Waals surface area contributed by atoms with Crippen molar-refractivity contribution < 1.29 is 9.53 Å². The fourth-order valence-corrected chi connectivity index (χ4v) is 3.61. The summed E-state index contributed by atoms with van der Waals surface area (Å²) in [6.45, 7) is 6.56. The Morgan fingerprint density at radius 1 is 1.16 bits per heavy atom. The second-order valence-corrected chi connectivity index (χ2v) is 7.78. The van der Waals surface area contributed by atoms with Crippen LogP contribution in [0, 0.1) is 5.92 Å². The number of rotatable bonds is 7. The van der Waals surface area contributed by atoms with Crippen molar-refractivity contribution in [1.82, 2.24) is 15.5 Å². The van der Waals surface area contributed by atoms with Gasteiger partial charge in [-0.05, 0) is 18.1 Å². The zero-order valence-corrected chi connectivity index (χ0v) is 20.8. The summed E-state index contributed by atoms with van der Waals surface area (Å²) in [4.78, 5) is 18.4. The smallest absolute Gasteiger partial charge is 0.225 e. The summed E-state index contributed by atoms with van der Waals surface area (Å²) in [5, 5.41) is 6.72. The van der Waals surface area contributed by atoms with Gasteiger partial charge < -0.3 is 20.3 Å². The Balaban J connectivity index is 0.00000341. The predicted octanol–water partition coefficient (Wildman–Crippen LogP) is 3.77. The molecule has 1 aliphatic rings. The highest BCUT2D eigenvalue weighted by Gasteiger charge is 2.27. The molecule has 1 heterocycles. The number of halogens is 1.